The molecule has 0 heterocycles. The molecule has 1 saturated carbocycles. The molecule has 33 heavy (non-hydrogen) atoms. The van der Waals surface area contributed by atoms with E-state index in [9.17, 15) is 9.59 Å². The predicted molar refractivity (Wildman–Crippen MR) is 133 cm³/mol. The van der Waals surface area contributed by atoms with Crippen LogP contribution in [0, 0.1) is 13.8 Å². The molecule has 2 aromatic rings. The van der Waals surface area contributed by atoms with Crippen molar-refractivity contribution >= 4 is 35.0 Å². The number of aryl methyl sites for hydroxylation is 2. The largest absolute Gasteiger partial charge is 0.484 e. The summed E-state index contributed by atoms with van der Waals surface area (Å²) in [5.74, 6) is 0.201. The van der Waals surface area contributed by atoms with E-state index in [0.29, 0.717) is 15.8 Å². The van der Waals surface area contributed by atoms with Crippen LogP contribution in [0.2, 0.25) is 10.0 Å². The summed E-state index contributed by atoms with van der Waals surface area (Å²) in [5, 5.41) is 3.98. The van der Waals surface area contributed by atoms with Gasteiger partial charge in [-0.2, -0.15) is 0 Å². The fraction of sp³-hybridized carbons (Fsp3) is 0.462. The quantitative estimate of drug-likeness (QED) is 0.504. The fourth-order valence-corrected chi connectivity index (χ4v) is 4.34. The number of carbonyl (C=O) groups excluding carboxylic acids is 2. The monoisotopic (exact) mass is 490 g/mol. The van der Waals surface area contributed by atoms with E-state index in [4.69, 9.17) is 27.9 Å². The molecule has 0 spiro atoms. The summed E-state index contributed by atoms with van der Waals surface area (Å²) in [6.45, 7) is 5.84. The first-order valence-corrected chi connectivity index (χ1v) is 12.2. The van der Waals surface area contributed by atoms with Crippen molar-refractivity contribution in [1.82, 2.24) is 10.2 Å². The molecule has 0 aliphatic heterocycles. The van der Waals surface area contributed by atoms with Gasteiger partial charge in [0.2, 0.25) is 5.91 Å². The number of benzene rings is 2. The Bertz CT molecular complexity index is 989. The highest BCUT2D eigenvalue weighted by Gasteiger charge is 2.28. The van der Waals surface area contributed by atoms with Crippen molar-refractivity contribution in [2.45, 2.75) is 71.5 Å². The number of nitrogens with zero attached hydrogens (tertiary/aromatic N) is 1. The molecule has 0 radical (unpaired) electrons. The van der Waals surface area contributed by atoms with Crippen LogP contribution in [-0.4, -0.2) is 35.4 Å². The first kappa shape index (κ1) is 25.4. The van der Waals surface area contributed by atoms with Gasteiger partial charge in [-0.25, -0.2) is 0 Å². The molecule has 1 aliphatic rings. The SMILES string of the molecule is Cc1ccc(OCC(=O)N(Cc2ccc(Cl)c(Cl)c2)[C@@H](C)C(=O)NC2CCCCC2)cc1C. The van der Waals surface area contributed by atoms with Crippen LogP contribution in [-0.2, 0) is 16.1 Å². The van der Waals surface area contributed by atoms with E-state index >= 15 is 0 Å². The molecule has 1 fully saturated rings. The Kier molecular flexibility index (Phi) is 9.04. The maximum absolute atomic E-state index is 13.2. The summed E-state index contributed by atoms with van der Waals surface area (Å²) in [4.78, 5) is 27.8. The van der Waals surface area contributed by atoms with Gasteiger partial charge in [0.05, 0.1) is 10.0 Å². The van der Waals surface area contributed by atoms with Gasteiger partial charge in [-0.3, -0.25) is 9.59 Å². The highest BCUT2D eigenvalue weighted by molar-refractivity contribution is 6.42. The van der Waals surface area contributed by atoms with Crippen molar-refractivity contribution in [2.75, 3.05) is 6.61 Å². The van der Waals surface area contributed by atoms with Crippen LogP contribution < -0.4 is 10.1 Å². The Morgan fingerprint density at radius 3 is 2.42 bits per heavy atom. The Balaban J connectivity index is 1.73. The average Bonchev–Trinajstić information content (AvgIpc) is 2.80. The van der Waals surface area contributed by atoms with Gasteiger partial charge in [0.25, 0.3) is 5.91 Å². The molecular weight excluding hydrogens is 459 g/mol. The second kappa shape index (κ2) is 11.8. The zero-order valence-corrected chi connectivity index (χ0v) is 21.0. The molecule has 1 atom stereocenters. The van der Waals surface area contributed by atoms with Crippen molar-refractivity contribution in [3.63, 3.8) is 0 Å². The van der Waals surface area contributed by atoms with Crippen LogP contribution in [0.4, 0.5) is 0 Å². The number of rotatable bonds is 8. The van der Waals surface area contributed by atoms with E-state index in [1.54, 1.807) is 24.0 Å². The summed E-state index contributed by atoms with van der Waals surface area (Å²) in [5.41, 5.74) is 3.04. The molecule has 7 heteroatoms. The molecule has 178 valence electrons. The van der Waals surface area contributed by atoms with Crippen molar-refractivity contribution in [2.24, 2.45) is 0 Å². The van der Waals surface area contributed by atoms with Crippen LogP contribution in [0.3, 0.4) is 0 Å². The standard InChI is InChI=1S/C26H32Cl2N2O3/c1-17-9-11-22(13-18(17)2)33-16-25(31)30(15-20-10-12-23(27)24(28)14-20)19(3)26(32)29-21-7-5-4-6-8-21/h9-14,19,21H,4-8,15-16H2,1-3H3,(H,29,32)/t19-/m0/s1. The highest BCUT2D eigenvalue weighted by Crippen LogP contribution is 2.24. The minimum absolute atomic E-state index is 0.151. The van der Waals surface area contributed by atoms with E-state index < -0.39 is 6.04 Å². The highest BCUT2D eigenvalue weighted by atomic mass is 35.5. The van der Waals surface area contributed by atoms with Crippen molar-refractivity contribution in [3.8, 4) is 5.75 Å². The number of ether oxygens (including phenoxy) is 1. The molecule has 1 N–H and O–H groups in total. The van der Waals surface area contributed by atoms with Crippen LogP contribution in [0.25, 0.3) is 0 Å². The third-order valence-electron chi connectivity index (χ3n) is 6.30. The minimum Gasteiger partial charge on any atom is -0.484 e. The van der Waals surface area contributed by atoms with Crippen molar-refractivity contribution < 1.29 is 14.3 Å². The first-order valence-electron chi connectivity index (χ1n) is 11.5. The topological polar surface area (TPSA) is 58.6 Å². The summed E-state index contributed by atoms with van der Waals surface area (Å²) in [7, 11) is 0. The molecule has 0 unspecified atom stereocenters. The number of carbonyl (C=O) groups is 2. The van der Waals surface area contributed by atoms with Gasteiger partial charge < -0.3 is 15.0 Å². The Morgan fingerprint density at radius 2 is 1.76 bits per heavy atom. The molecular formula is C26H32Cl2N2O3. The number of amides is 2. The molecule has 1 aliphatic carbocycles. The lowest BCUT2D eigenvalue weighted by Crippen LogP contribution is -2.51. The van der Waals surface area contributed by atoms with E-state index in [1.165, 1.54) is 6.42 Å². The second-order valence-corrected chi connectivity index (χ2v) is 9.64. The van der Waals surface area contributed by atoms with Crippen LogP contribution in [0.1, 0.15) is 55.7 Å². The van der Waals surface area contributed by atoms with Gasteiger partial charge in [0.1, 0.15) is 11.8 Å². The Morgan fingerprint density at radius 1 is 1.03 bits per heavy atom. The molecule has 0 bridgehead atoms. The van der Waals surface area contributed by atoms with E-state index in [2.05, 4.69) is 5.32 Å². The number of hydrogen-bond acceptors (Lipinski definition) is 3. The summed E-state index contributed by atoms with van der Waals surface area (Å²) in [6.07, 6.45) is 5.41. The average molecular weight is 491 g/mol. The first-order chi connectivity index (χ1) is 15.7. The van der Waals surface area contributed by atoms with Gasteiger partial charge >= 0.3 is 0 Å². The maximum Gasteiger partial charge on any atom is 0.261 e. The molecule has 0 saturated heterocycles. The lowest BCUT2D eigenvalue weighted by atomic mass is 9.95. The zero-order valence-electron chi connectivity index (χ0n) is 19.5. The summed E-state index contributed by atoms with van der Waals surface area (Å²) >= 11 is 12.2. The van der Waals surface area contributed by atoms with Crippen LogP contribution in [0.5, 0.6) is 5.75 Å². The Labute approximate surface area is 206 Å². The van der Waals surface area contributed by atoms with Gasteiger partial charge in [-0.05, 0) is 74.6 Å². The second-order valence-electron chi connectivity index (χ2n) is 8.82. The normalized spacial score (nSPS) is 15.1. The predicted octanol–water partition coefficient (Wildman–Crippen LogP) is 5.86. The molecule has 5 nitrogen and oxygen atoms in total. The molecule has 2 aromatic carbocycles. The number of hydrogen-bond donors (Lipinski definition) is 1. The third kappa shape index (κ3) is 7.12. The number of halogens is 2. The zero-order chi connectivity index (χ0) is 24.0. The van der Waals surface area contributed by atoms with E-state index in [-0.39, 0.29) is 31.0 Å². The molecule has 2 amide bonds. The Hall–Kier alpha value is -2.24. The van der Waals surface area contributed by atoms with Gasteiger partial charge in [-0.1, -0.05) is 54.6 Å². The van der Waals surface area contributed by atoms with Crippen LogP contribution in [0.15, 0.2) is 36.4 Å². The summed E-state index contributed by atoms with van der Waals surface area (Å²) < 4.78 is 5.77. The molecule has 3 rings (SSSR count). The van der Waals surface area contributed by atoms with Gasteiger partial charge in [0, 0.05) is 12.6 Å². The van der Waals surface area contributed by atoms with Crippen molar-refractivity contribution in [1.29, 1.82) is 0 Å². The van der Waals surface area contributed by atoms with Gasteiger partial charge in [-0.15, -0.1) is 0 Å². The van der Waals surface area contributed by atoms with E-state index in [0.717, 1.165) is 42.4 Å². The maximum atomic E-state index is 13.2. The minimum atomic E-state index is -0.655. The lowest BCUT2D eigenvalue weighted by molar-refractivity contribution is -0.142. The fourth-order valence-electron chi connectivity index (χ4n) is 4.02. The number of nitrogens with one attached hydrogen (secondary N) is 1. The smallest absolute Gasteiger partial charge is 0.261 e. The van der Waals surface area contributed by atoms with Crippen LogP contribution >= 0.6 is 23.2 Å². The van der Waals surface area contributed by atoms with Crippen molar-refractivity contribution in [3.05, 3.63) is 63.1 Å². The summed E-state index contributed by atoms with van der Waals surface area (Å²) in [6, 6.07) is 10.5. The van der Waals surface area contributed by atoms with E-state index in [1.807, 2.05) is 38.1 Å². The lowest BCUT2D eigenvalue weighted by Gasteiger charge is -2.31. The molecule has 0 aromatic heterocycles. The third-order valence-corrected chi connectivity index (χ3v) is 7.04. The van der Waals surface area contributed by atoms with Gasteiger partial charge in [0.15, 0.2) is 6.61 Å².